The highest BCUT2D eigenvalue weighted by atomic mass is 16.5. The third-order valence-corrected chi connectivity index (χ3v) is 4.45. The van der Waals surface area contributed by atoms with Crippen molar-refractivity contribution >= 4 is 0 Å². The van der Waals surface area contributed by atoms with Gasteiger partial charge < -0.3 is 8.94 Å². The van der Waals surface area contributed by atoms with Crippen molar-refractivity contribution in [2.24, 2.45) is 0 Å². The van der Waals surface area contributed by atoms with Crippen LogP contribution >= 0.6 is 0 Å². The molecule has 27 heavy (non-hydrogen) atoms. The van der Waals surface area contributed by atoms with Gasteiger partial charge in [-0.1, -0.05) is 86.6 Å². The first kappa shape index (κ1) is 17.3. The van der Waals surface area contributed by atoms with Crippen LogP contribution in [0.15, 0.2) is 69.6 Å². The molecular weight excluding hydrogens is 336 g/mol. The Morgan fingerprint density at radius 3 is 1.89 bits per heavy atom. The highest BCUT2D eigenvalue weighted by Crippen LogP contribution is 2.43. The Morgan fingerprint density at radius 2 is 1.33 bits per heavy atom. The van der Waals surface area contributed by atoms with Gasteiger partial charge in [0.15, 0.2) is 17.4 Å². The van der Waals surface area contributed by atoms with Crippen LogP contribution in [-0.4, -0.2) is 10.1 Å². The number of rotatable bonds is 3. The topological polar surface area (TPSA) is 52.1 Å². The van der Waals surface area contributed by atoms with Crippen LogP contribution in [0.5, 0.6) is 0 Å². The van der Waals surface area contributed by atoms with E-state index in [9.17, 15) is 0 Å². The standard InChI is InChI=1S/C23H22N2O2/c1-15-24-19(21(26-15)17-13-9-6-10-14-17)18-20(16-11-7-5-8-12-16)27-25-22(18)23(2,3)4/h5-14H,1-4H3. The summed E-state index contributed by atoms with van der Waals surface area (Å²) in [6.07, 6.45) is 0. The van der Waals surface area contributed by atoms with E-state index >= 15 is 0 Å². The van der Waals surface area contributed by atoms with E-state index in [-0.39, 0.29) is 5.41 Å². The van der Waals surface area contributed by atoms with Crippen molar-refractivity contribution in [3.05, 3.63) is 72.2 Å². The molecular formula is C23H22N2O2. The average molecular weight is 358 g/mol. The summed E-state index contributed by atoms with van der Waals surface area (Å²) in [6.45, 7) is 8.23. The lowest BCUT2D eigenvalue weighted by Gasteiger charge is -2.16. The number of oxazole rings is 1. The minimum Gasteiger partial charge on any atom is -0.440 e. The molecule has 2 aromatic carbocycles. The quantitative estimate of drug-likeness (QED) is 0.433. The molecule has 0 N–H and O–H groups in total. The van der Waals surface area contributed by atoms with Crippen molar-refractivity contribution < 1.29 is 8.94 Å². The Bertz CT molecular complexity index is 1050. The Kier molecular flexibility index (Phi) is 4.19. The lowest BCUT2D eigenvalue weighted by molar-refractivity contribution is 0.402. The molecule has 0 saturated carbocycles. The van der Waals surface area contributed by atoms with Crippen LogP contribution < -0.4 is 0 Å². The van der Waals surface area contributed by atoms with Crippen LogP contribution in [0.3, 0.4) is 0 Å². The van der Waals surface area contributed by atoms with E-state index in [0.29, 0.717) is 11.7 Å². The Balaban J connectivity index is 2.01. The van der Waals surface area contributed by atoms with Crippen LogP contribution in [0.2, 0.25) is 0 Å². The molecule has 4 heteroatoms. The largest absolute Gasteiger partial charge is 0.440 e. The first-order valence-corrected chi connectivity index (χ1v) is 9.04. The number of hydrogen-bond acceptors (Lipinski definition) is 4. The highest BCUT2D eigenvalue weighted by Gasteiger charge is 2.31. The number of aromatic nitrogens is 2. The minimum atomic E-state index is -0.202. The van der Waals surface area contributed by atoms with Gasteiger partial charge in [0.1, 0.15) is 5.69 Å². The van der Waals surface area contributed by atoms with E-state index in [4.69, 9.17) is 13.9 Å². The van der Waals surface area contributed by atoms with Crippen LogP contribution in [0.1, 0.15) is 32.4 Å². The Morgan fingerprint density at radius 1 is 0.778 bits per heavy atom. The number of benzene rings is 2. The van der Waals surface area contributed by atoms with Crippen molar-refractivity contribution in [1.29, 1.82) is 0 Å². The molecule has 0 saturated heterocycles. The van der Waals surface area contributed by atoms with E-state index in [1.54, 1.807) is 0 Å². The zero-order valence-electron chi connectivity index (χ0n) is 16.0. The van der Waals surface area contributed by atoms with Crippen molar-refractivity contribution in [2.45, 2.75) is 33.1 Å². The molecule has 0 radical (unpaired) electrons. The molecule has 136 valence electrons. The Hall–Kier alpha value is -3.14. The number of aryl methyl sites for hydroxylation is 1. The van der Waals surface area contributed by atoms with E-state index < -0.39 is 0 Å². The van der Waals surface area contributed by atoms with Crippen LogP contribution in [0.4, 0.5) is 0 Å². The molecule has 0 aliphatic rings. The molecule has 0 fully saturated rings. The van der Waals surface area contributed by atoms with Gasteiger partial charge in [-0.3, -0.25) is 0 Å². The monoisotopic (exact) mass is 358 g/mol. The molecule has 2 aromatic heterocycles. The summed E-state index contributed by atoms with van der Waals surface area (Å²) in [5.41, 5.74) is 4.27. The van der Waals surface area contributed by atoms with Gasteiger partial charge in [0.25, 0.3) is 0 Å². The first-order valence-electron chi connectivity index (χ1n) is 9.04. The highest BCUT2D eigenvalue weighted by molar-refractivity contribution is 5.87. The molecule has 4 aromatic rings. The fraction of sp³-hybridized carbons (Fsp3) is 0.217. The van der Waals surface area contributed by atoms with Gasteiger partial charge in [0, 0.05) is 23.5 Å². The van der Waals surface area contributed by atoms with Gasteiger partial charge in [0.05, 0.1) is 11.3 Å². The molecule has 0 unspecified atom stereocenters. The molecule has 4 rings (SSSR count). The number of nitrogens with zero attached hydrogens (tertiary/aromatic N) is 2. The average Bonchev–Trinajstić information content (AvgIpc) is 3.26. The summed E-state index contributed by atoms with van der Waals surface area (Å²) in [4.78, 5) is 4.72. The lowest BCUT2D eigenvalue weighted by Crippen LogP contribution is -2.13. The van der Waals surface area contributed by atoms with E-state index in [2.05, 4.69) is 25.9 Å². The van der Waals surface area contributed by atoms with Crippen LogP contribution in [-0.2, 0) is 5.41 Å². The predicted octanol–water partition coefficient (Wildman–Crippen LogP) is 6.27. The minimum absolute atomic E-state index is 0.202. The molecule has 0 spiro atoms. The Labute approximate surface area is 158 Å². The van der Waals surface area contributed by atoms with E-state index in [1.807, 2.05) is 67.6 Å². The number of hydrogen-bond donors (Lipinski definition) is 0. The molecule has 2 heterocycles. The third kappa shape index (κ3) is 3.19. The zero-order valence-corrected chi connectivity index (χ0v) is 16.0. The van der Waals surface area contributed by atoms with Gasteiger partial charge in [-0.15, -0.1) is 0 Å². The SMILES string of the molecule is Cc1nc(-c2c(C(C)(C)C)noc2-c2ccccc2)c(-c2ccccc2)o1. The summed E-state index contributed by atoms with van der Waals surface area (Å²) in [5, 5.41) is 4.43. The van der Waals surface area contributed by atoms with Crippen molar-refractivity contribution in [2.75, 3.05) is 0 Å². The third-order valence-electron chi connectivity index (χ3n) is 4.45. The zero-order chi connectivity index (χ0) is 19.0. The van der Waals surface area contributed by atoms with Crippen molar-refractivity contribution in [1.82, 2.24) is 10.1 Å². The molecule has 0 aliphatic carbocycles. The second kappa shape index (κ2) is 6.54. The van der Waals surface area contributed by atoms with E-state index in [1.165, 1.54) is 0 Å². The normalized spacial score (nSPS) is 11.7. The lowest BCUT2D eigenvalue weighted by atomic mass is 9.86. The molecule has 0 atom stereocenters. The second-order valence-electron chi connectivity index (χ2n) is 7.63. The molecule has 4 nitrogen and oxygen atoms in total. The van der Waals surface area contributed by atoms with Crippen molar-refractivity contribution in [3.63, 3.8) is 0 Å². The maximum atomic E-state index is 6.00. The van der Waals surface area contributed by atoms with Gasteiger partial charge in [-0.2, -0.15) is 0 Å². The molecule has 0 aliphatic heterocycles. The maximum absolute atomic E-state index is 6.00. The smallest absolute Gasteiger partial charge is 0.192 e. The summed E-state index contributed by atoms with van der Waals surface area (Å²) in [7, 11) is 0. The van der Waals surface area contributed by atoms with Crippen LogP contribution in [0, 0.1) is 6.92 Å². The second-order valence-corrected chi connectivity index (χ2v) is 7.63. The molecule has 0 amide bonds. The van der Waals surface area contributed by atoms with Gasteiger partial charge >= 0.3 is 0 Å². The van der Waals surface area contributed by atoms with Crippen LogP contribution in [0.25, 0.3) is 33.9 Å². The summed E-state index contributed by atoms with van der Waals surface area (Å²) in [6, 6.07) is 20.0. The summed E-state index contributed by atoms with van der Waals surface area (Å²) in [5.74, 6) is 2.06. The summed E-state index contributed by atoms with van der Waals surface area (Å²) < 4.78 is 11.8. The summed E-state index contributed by atoms with van der Waals surface area (Å²) >= 11 is 0. The predicted molar refractivity (Wildman–Crippen MR) is 106 cm³/mol. The van der Waals surface area contributed by atoms with Gasteiger partial charge in [-0.25, -0.2) is 4.98 Å². The fourth-order valence-corrected chi connectivity index (χ4v) is 3.19. The van der Waals surface area contributed by atoms with Crippen molar-refractivity contribution in [3.8, 4) is 33.9 Å². The first-order chi connectivity index (χ1) is 12.9. The van der Waals surface area contributed by atoms with E-state index in [0.717, 1.165) is 33.8 Å². The molecule has 0 bridgehead atoms. The van der Waals surface area contributed by atoms with Gasteiger partial charge in [-0.05, 0) is 0 Å². The fourth-order valence-electron chi connectivity index (χ4n) is 3.19. The van der Waals surface area contributed by atoms with Gasteiger partial charge in [0.2, 0.25) is 0 Å². The maximum Gasteiger partial charge on any atom is 0.192 e.